The van der Waals surface area contributed by atoms with E-state index in [0.717, 1.165) is 49.8 Å². The molecule has 2 unspecified atom stereocenters. The molecule has 108 valence electrons. The van der Waals surface area contributed by atoms with Gasteiger partial charge in [0.25, 0.3) is 0 Å². The molecule has 19 heavy (non-hydrogen) atoms. The van der Waals surface area contributed by atoms with E-state index in [1.165, 1.54) is 0 Å². The molecule has 1 fully saturated rings. The van der Waals surface area contributed by atoms with E-state index >= 15 is 0 Å². The van der Waals surface area contributed by atoms with Crippen LogP contribution in [0.15, 0.2) is 5.38 Å². The first-order valence-corrected chi connectivity index (χ1v) is 7.93. The number of rotatable bonds is 5. The molecule has 0 saturated carbocycles. The van der Waals surface area contributed by atoms with Gasteiger partial charge >= 0.3 is 0 Å². The summed E-state index contributed by atoms with van der Waals surface area (Å²) in [5.74, 6) is 0. The maximum atomic E-state index is 6.52. The first-order chi connectivity index (χ1) is 9.06. The molecular formula is C14H25N3OS. The molecule has 0 amide bonds. The highest BCUT2D eigenvalue weighted by molar-refractivity contribution is 7.09. The first-order valence-electron chi connectivity index (χ1n) is 7.05. The van der Waals surface area contributed by atoms with E-state index in [-0.39, 0.29) is 11.6 Å². The fraction of sp³-hybridized carbons (Fsp3) is 0.786. The number of hydrogen-bond donors (Lipinski definition) is 1. The molecular weight excluding hydrogens is 258 g/mol. The van der Waals surface area contributed by atoms with Gasteiger partial charge in [-0.15, -0.1) is 11.3 Å². The maximum absolute atomic E-state index is 6.52. The van der Waals surface area contributed by atoms with Gasteiger partial charge in [0, 0.05) is 36.5 Å². The van der Waals surface area contributed by atoms with Crippen molar-refractivity contribution in [3.8, 4) is 0 Å². The summed E-state index contributed by atoms with van der Waals surface area (Å²) in [4.78, 5) is 7.03. The van der Waals surface area contributed by atoms with Gasteiger partial charge < -0.3 is 10.5 Å². The summed E-state index contributed by atoms with van der Waals surface area (Å²) >= 11 is 1.70. The van der Waals surface area contributed by atoms with Gasteiger partial charge in [-0.05, 0) is 20.3 Å². The Labute approximate surface area is 120 Å². The van der Waals surface area contributed by atoms with Crippen LogP contribution in [0.3, 0.4) is 0 Å². The van der Waals surface area contributed by atoms with Crippen molar-refractivity contribution in [2.45, 2.75) is 45.2 Å². The average Bonchev–Trinajstić information content (AvgIpc) is 2.84. The highest BCUT2D eigenvalue weighted by Gasteiger charge is 2.37. The zero-order valence-corrected chi connectivity index (χ0v) is 13.0. The number of aromatic nitrogens is 1. The Morgan fingerprint density at radius 3 is 2.74 bits per heavy atom. The number of hydrogen-bond acceptors (Lipinski definition) is 5. The number of aryl methyl sites for hydroxylation is 1. The third kappa shape index (κ3) is 3.34. The molecule has 2 heterocycles. The van der Waals surface area contributed by atoms with Crippen LogP contribution in [0.2, 0.25) is 0 Å². The van der Waals surface area contributed by atoms with Gasteiger partial charge in [0.2, 0.25) is 0 Å². The molecule has 2 N–H and O–H groups in total. The van der Waals surface area contributed by atoms with Crippen molar-refractivity contribution in [2.24, 2.45) is 5.73 Å². The van der Waals surface area contributed by atoms with Crippen LogP contribution >= 0.6 is 11.3 Å². The summed E-state index contributed by atoms with van der Waals surface area (Å²) in [6, 6.07) is 0.108. The molecule has 1 aromatic rings. The number of nitrogens with zero attached hydrogens (tertiary/aromatic N) is 2. The van der Waals surface area contributed by atoms with E-state index in [1.54, 1.807) is 11.3 Å². The monoisotopic (exact) mass is 283 g/mol. The summed E-state index contributed by atoms with van der Waals surface area (Å²) in [5.41, 5.74) is 7.67. The van der Waals surface area contributed by atoms with Crippen molar-refractivity contribution >= 4 is 11.3 Å². The number of ether oxygens (including phenoxy) is 1. The van der Waals surface area contributed by atoms with Gasteiger partial charge in [-0.2, -0.15) is 0 Å². The highest BCUT2D eigenvalue weighted by atomic mass is 32.1. The maximum Gasteiger partial charge on any atom is 0.0897 e. The summed E-state index contributed by atoms with van der Waals surface area (Å²) in [5, 5.41) is 3.25. The van der Waals surface area contributed by atoms with Gasteiger partial charge in [-0.25, -0.2) is 4.98 Å². The van der Waals surface area contributed by atoms with Gasteiger partial charge in [-0.3, -0.25) is 4.90 Å². The summed E-state index contributed by atoms with van der Waals surface area (Å²) < 4.78 is 5.45. The Morgan fingerprint density at radius 1 is 1.53 bits per heavy atom. The number of nitrogens with two attached hydrogens (primary N) is 1. The minimum atomic E-state index is 0.0291. The molecule has 1 aromatic heterocycles. The van der Waals surface area contributed by atoms with E-state index in [2.05, 4.69) is 29.1 Å². The summed E-state index contributed by atoms with van der Waals surface area (Å²) in [6.07, 6.45) is 1.91. The molecule has 5 heteroatoms. The molecule has 0 spiro atoms. The normalized spacial score (nSPS) is 22.1. The van der Waals surface area contributed by atoms with Crippen LogP contribution < -0.4 is 5.73 Å². The third-order valence-corrected chi connectivity index (χ3v) is 5.17. The van der Waals surface area contributed by atoms with E-state index in [4.69, 9.17) is 10.5 Å². The predicted octanol–water partition coefficient (Wildman–Crippen LogP) is 1.82. The largest absolute Gasteiger partial charge is 0.379 e. The van der Waals surface area contributed by atoms with Crippen LogP contribution in [0, 0.1) is 6.92 Å². The van der Waals surface area contributed by atoms with Crippen LogP contribution in [0.1, 0.15) is 31.0 Å². The second-order valence-electron chi connectivity index (χ2n) is 5.48. The van der Waals surface area contributed by atoms with Crippen LogP contribution in [-0.4, -0.2) is 47.8 Å². The van der Waals surface area contributed by atoms with E-state index in [9.17, 15) is 0 Å². The standard InChI is InChI=1S/C14H25N3OS/c1-4-14(3,17-5-7-18-8-6-17)13(15)9-12-10-19-11(2)16-12/h10,13H,4-9,15H2,1-3H3. The lowest BCUT2D eigenvalue weighted by Gasteiger charge is -2.46. The van der Waals surface area contributed by atoms with Crippen molar-refractivity contribution in [3.05, 3.63) is 16.1 Å². The van der Waals surface area contributed by atoms with Crippen molar-refractivity contribution in [2.75, 3.05) is 26.3 Å². The Bertz CT molecular complexity index is 403. The van der Waals surface area contributed by atoms with E-state index in [0.29, 0.717) is 0 Å². The SMILES string of the molecule is CCC(C)(C(N)Cc1csc(C)n1)N1CCOCC1. The predicted molar refractivity (Wildman–Crippen MR) is 79.6 cm³/mol. The molecule has 1 saturated heterocycles. The van der Waals surface area contributed by atoms with Crippen molar-refractivity contribution < 1.29 is 4.74 Å². The zero-order chi connectivity index (χ0) is 13.9. The summed E-state index contributed by atoms with van der Waals surface area (Å²) in [6.45, 7) is 10.1. The second-order valence-corrected chi connectivity index (χ2v) is 6.54. The van der Waals surface area contributed by atoms with Crippen molar-refractivity contribution in [1.29, 1.82) is 0 Å². The van der Waals surface area contributed by atoms with Gasteiger partial charge in [0.15, 0.2) is 0 Å². The molecule has 4 nitrogen and oxygen atoms in total. The minimum absolute atomic E-state index is 0.0291. The lowest BCUT2D eigenvalue weighted by molar-refractivity contribution is -0.0273. The van der Waals surface area contributed by atoms with Gasteiger partial charge in [0.1, 0.15) is 0 Å². The van der Waals surface area contributed by atoms with Crippen LogP contribution in [0.5, 0.6) is 0 Å². The smallest absolute Gasteiger partial charge is 0.0897 e. The van der Waals surface area contributed by atoms with Gasteiger partial charge in [-0.1, -0.05) is 6.92 Å². The lowest BCUT2D eigenvalue weighted by Crippen LogP contribution is -2.61. The molecule has 2 rings (SSSR count). The molecule has 1 aliphatic rings. The molecule has 2 atom stereocenters. The minimum Gasteiger partial charge on any atom is -0.379 e. The fourth-order valence-corrected chi connectivity index (χ4v) is 3.37. The van der Waals surface area contributed by atoms with Crippen LogP contribution in [0.25, 0.3) is 0 Å². The number of morpholine rings is 1. The highest BCUT2D eigenvalue weighted by Crippen LogP contribution is 2.26. The second kappa shape index (κ2) is 6.31. The Hall–Kier alpha value is -0.490. The van der Waals surface area contributed by atoms with Crippen molar-refractivity contribution in [3.63, 3.8) is 0 Å². The van der Waals surface area contributed by atoms with E-state index < -0.39 is 0 Å². The van der Waals surface area contributed by atoms with Crippen molar-refractivity contribution in [1.82, 2.24) is 9.88 Å². The Balaban J connectivity index is 2.06. The first kappa shape index (κ1) is 14.9. The topological polar surface area (TPSA) is 51.4 Å². The average molecular weight is 283 g/mol. The molecule has 0 radical (unpaired) electrons. The summed E-state index contributed by atoms with van der Waals surface area (Å²) in [7, 11) is 0. The Kier molecular flexibility index (Phi) is 4.95. The van der Waals surface area contributed by atoms with Crippen LogP contribution in [0.4, 0.5) is 0 Å². The third-order valence-electron chi connectivity index (χ3n) is 4.34. The zero-order valence-electron chi connectivity index (χ0n) is 12.2. The van der Waals surface area contributed by atoms with Gasteiger partial charge in [0.05, 0.1) is 23.9 Å². The molecule has 0 aliphatic carbocycles. The molecule has 0 bridgehead atoms. The quantitative estimate of drug-likeness (QED) is 0.895. The van der Waals surface area contributed by atoms with Crippen LogP contribution in [-0.2, 0) is 11.2 Å². The molecule has 1 aliphatic heterocycles. The molecule has 0 aromatic carbocycles. The number of thiazole rings is 1. The van der Waals surface area contributed by atoms with E-state index in [1.807, 2.05) is 6.92 Å². The Morgan fingerprint density at radius 2 is 2.21 bits per heavy atom. The fourth-order valence-electron chi connectivity index (χ4n) is 2.74. The lowest BCUT2D eigenvalue weighted by atomic mass is 9.85.